The Morgan fingerprint density at radius 1 is 1.25 bits per heavy atom. The summed E-state index contributed by atoms with van der Waals surface area (Å²) in [5.41, 5.74) is 1.08. The second kappa shape index (κ2) is 7.17. The van der Waals surface area contributed by atoms with Gasteiger partial charge in [-0.25, -0.2) is 8.42 Å². The Balaban J connectivity index is 2.15. The molecule has 0 saturated heterocycles. The van der Waals surface area contributed by atoms with Crippen molar-refractivity contribution in [3.8, 4) is 0 Å². The molecule has 1 aromatic carbocycles. The normalized spacial score (nSPS) is 13.0. The molecule has 0 spiro atoms. The van der Waals surface area contributed by atoms with Gasteiger partial charge < -0.3 is 9.84 Å². The smallest absolute Gasteiger partial charge is 0.273 e. The summed E-state index contributed by atoms with van der Waals surface area (Å²) in [6, 6.07) is 7.93. The standard InChI is InChI=1S/C17H22N2O4S/c1-5-14(12-6-8-13(9-7-12)24(4,21)22)18-17(20)15-10-16(11(2)3)23-19-15/h6-11,14H,5H2,1-4H3,(H,18,20)/t14-/m0/s1. The van der Waals surface area contributed by atoms with E-state index < -0.39 is 9.84 Å². The van der Waals surface area contributed by atoms with E-state index >= 15 is 0 Å². The van der Waals surface area contributed by atoms with Gasteiger partial charge in [0.05, 0.1) is 10.9 Å². The second-order valence-electron chi connectivity index (χ2n) is 6.04. The molecule has 1 aromatic heterocycles. The van der Waals surface area contributed by atoms with Gasteiger partial charge in [-0.2, -0.15) is 0 Å². The molecular formula is C17H22N2O4S. The summed E-state index contributed by atoms with van der Waals surface area (Å²) in [4.78, 5) is 12.6. The zero-order valence-corrected chi connectivity index (χ0v) is 15.1. The minimum absolute atomic E-state index is 0.157. The summed E-state index contributed by atoms with van der Waals surface area (Å²) in [5, 5.41) is 6.70. The van der Waals surface area contributed by atoms with E-state index in [1.165, 1.54) is 0 Å². The van der Waals surface area contributed by atoms with Gasteiger partial charge in [0.25, 0.3) is 5.91 Å². The third-order valence-electron chi connectivity index (χ3n) is 3.75. The number of rotatable bonds is 6. The predicted octanol–water partition coefficient (Wildman–Crippen LogP) is 3.08. The van der Waals surface area contributed by atoms with Crippen LogP contribution in [0.3, 0.4) is 0 Å². The Hall–Kier alpha value is -2.15. The summed E-state index contributed by atoms with van der Waals surface area (Å²) < 4.78 is 28.2. The topological polar surface area (TPSA) is 89.3 Å². The maximum absolute atomic E-state index is 12.3. The number of hydrogen-bond acceptors (Lipinski definition) is 5. The van der Waals surface area contributed by atoms with E-state index in [4.69, 9.17) is 4.52 Å². The summed E-state index contributed by atoms with van der Waals surface area (Å²) in [6.45, 7) is 5.86. The van der Waals surface area contributed by atoms with Crippen LogP contribution in [0.2, 0.25) is 0 Å². The van der Waals surface area contributed by atoms with Gasteiger partial charge in [-0.1, -0.05) is 38.1 Å². The quantitative estimate of drug-likeness (QED) is 0.865. The second-order valence-corrected chi connectivity index (χ2v) is 8.06. The number of hydrogen-bond donors (Lipinski definition) is 1. The zero-order valence-electron chi connectivity index (χ0n) is 14.2. The summed E-state index contributed by atoms with van der Waals surface area (Å²) in [6.07, 6.45) is 1.83. The van der Waals surface area contributed by atoms with Crippen LogP contribution in [0, 0.1) is 0 Å². The van der Waals surface area contributed by atoms with Gasteiger partial charge >= 0.3 is 0 Å². The van der Waals surface area contributed by atoms with Crippen LogP contribution >= 0.6 is 0 Å². The summed E-state index contributed by atoms with van der Waals surface area (Å²) in [7, 11) is -3.23. The summed E-state index contributed by atoms with van der Waals surface area (Å²) in [5.74, 6) is 0.500. The molecule has 130 valence electrons. The Morgan fingerprint density at radius 2 is 1.88 bits per heavy atom. The van der Waals surface area contributed by atoms with E-state index in [0.29, 0.717) is 12.2 Å². The van der Waals surface area contributed by atoms with Crippen molar-refractivity contribution in [3.63, 3.8) is 0 Å². The predicted molar refractivity (Wildman–Crippen MR) is 90.6 cm³/mol. The van der Waals surface area contributed by atoms with Crippen LogP contribution in [0.4, 0.5) is 0 Å². The maximum Gasteiger partial charge on any atom is 0.273 e. The molecular weight excluding hydrogens is 328 g/mol. The lowest BCUT2D eigenvalue weighted by Gasteiger charge is -2.17. The van der Waals surface area contributed by atoms with E-state index in [1.807, 2.05) is 20.8 Å². The number of nitrogens with one attached hydrogen (secondary N) is 1. The maximum atomic E-state index is 12.3. The zero-order chi connectivity index (χ0) is 17.9. The largest absolute Gasteiger partial charge is 0.360 e. The van der Waals surface area contributed by atoms with E-state index in [0.717, 1.165) is 11.8 Å². The van der Waals surface area contributed by atoms with Crippen molar-refractivity contribution in [2.75, 3.05) is 6.26 Å². The van der Waals surface area contributed by atoms with E-state index in [2.05, 4.69) is 10.5 Å². The molecule has 1 N–H and O–H groups in total. The van der Waals surface area contributed by atoms with Crippen LogP contribution in [0.15, 0.2) is 39.8 Å². The molecule has 0 aliphatic heterocycles. The molecule has 24 heavy (non-hydrogen) atoms. The Morgan fingerprint density at radius 3 is 2.33 bits per heavy atom. The molecule has 7 heteroatoms. The Bertz CT molecular complexity index is 807. The van der Waals surface area contributed by atoms with Crippen molar-refractivity contribution in [2.24, 2.45) is 0 Å². The molecule has 1 atom stereocenters. The molecule has 2 rings (SSSR count). The number of carbonyl (C=O) groups is 1. The van der Waals surface area contributed by atoms with E-state index in [-0.39, 0.29) is 28.5 Å². The lowest BCUT2D eigenvalue weighted by Crippen LogP contribution is -2.28. The fraction of sp³-hybridized carbons (Fsp3) is 0.412. The van der Waals surface area contributed by atoms with E-state index in [9.17, 15) is 13.2 Å². The van der Waals surface area contributed by atoms with Crippen LogP contribution in [0.25, 0.3) is 0 Å². The average molecular weight is 350 g/mol. The first-order valence-electron chi connectivity index (χ1n) is 7.79. The van der Waals surface area contributed by atoms with Crippen molar-refractivity contribution in [2.45, 2.75) is 44.0 Å². The average Bonchev–Trinajstić information content (AvgIpc) is 3.02. The fourth-order valence-electron chi connectivity index (χ4n) is 2.27. The number of benzene rings is 1. The SMILES string of the molecule is CC[C@H](NC(=O)c1cc(C(C)C)on1)c1ccc(S(C)(=O)=O)cc1. The number of amides is 1. The number of sulfone groups is 1. The lowest BCUT2D eigenvalue weighted by atomic mass is 10.0. The van der Waals surface area contributed by atoms with Crippen molar-refractivity contribution < 1.29 is 17.7 Å². The third-order valence-corrected chi connectivity index (χ3v) is 4.88. The van der Waals surface area contributed by atoms with Crippen LogP contribution < -0.4 is 5.32 Å². The highest BCUT2D eigenvalue weighted by Crippen LogP contribution is 2.20. The molecule has 1 heterocycles. The monoisotopic (exact) mass is 350 g/mol. The minimum atomic E-state index is -3.23. The first-order chi connectivity index (χ1) is 11.2. The highest BCUT2D eigenvalue weighted by Gasteiger charge is 2.19. The first kappa shape index (κ1) is 18.2. The van der Waals surface area contributed by atoms with Crippen molar-refractivity contribution in [1.82, 2.24) is 10.5 Å². The highest BCUT2D eigenvalue weighted by atomic mass is 32.2. The molecule has 0 aliphatic rings. The van der Waals surface area contributed by atoms with Crippen molar-refractivity contribution >= 4 is 15.7 Å². The van der Waals surface area contributed by atoms with Gasteiger partial charge in [0, 0.05) is 18.2 Å². The number of carbonyl (C=O) groups excluding carboxylic acids is 1. The van der Waals surface area contributed by atoms with Gasteiger partial charge in [-0.3, -0.25) is 4.79 Å². The van der Waals surface area contributed by atoms with Crippen molar-refractivity contribution in [3.05, 3.63) is 47.3 Å². The Kier molecular flexibility index (Phi) is 5.43. The lowest BCUT2D eigenvalue weighted by molar-refractivity contribution is 0.0926. The molecule has 0 radical (unpaired) electrons. The van der Waals surface area contributed by atoms with E-state index in [1.54, 1.807) is 30.3 Å². The third kappa shape index (κ3) is 4.23. The van der Waals surface area contributed by atoms with Crippen LogP contribution in [-0.4, -0.2) is 25.7 Å². The molecule has 1 amide bonds. The molecule has 0 aliphatic carbocycles. The van der Waals surface area contributed by atoms with Crippen LogP contribution in [0.1, 0.15) is 61.0 Å². The van der Waals surface area contributed by atoms with Gasteiger partial charge in [0.1, 0.15) is 5.76 Å². The van der Waals surface area contributed by atoms with Crippen molar-refractivity contribution in [1.29, 1.82) is 0 Å². The van der Waals surface area contributed by atoms with Crippen LogP contribution in [0.5, 0.6) is 0 Å². The van der Waals surface area contributed by atoms with Gasteiger partial charge in [-0.05, 0) is 24.1 Å². The van der Waals surface area contributed by atoms with Gasteiger partial charge in [0.2, 0.25) is 0 Å². The first-order valence-corrected chi connectivity index (χ1v) is 9.69. The van der Waals surface area contributed by atoms with Gasteiger partial charge in [0.15, 0.2) is 15.5 Å². The highest BCUT2D eigenvalue weighted by molar-refractivity contribution is 7.90. The molecule has 2 aromatic rings. The molecule has 0 saturated carbocycles. The Labute approximate surface area is 142 Å². The molecule has 6 nitrogen and oxygen atoms in total. The van der Waals surface area contributed by atoms with Gasteiger partial charge in [-0.15, -0.1) is 0 Å². The number of aromatic nitrogens is 1. The minimum Gasteiger partial charge on any atom is -0.360 e. The molecule has 0 fully saturated rings. The fourth-order valence-corrected chi connectivity index (χ4v) is 2.90. The molecule has 0 unspecified atom stereocenters. The summed E-state index contributed by atoms with van der Waals surface area (Å²) >= 11 is 0. The van der Waals surface area contributed by atoms with Crippen LogP contribution in [-0.2, 0) is 9.84 Å². The molecule has 0 bridgehead atoms. The number of nitrogens with zero attached hydrogens (tertiary/aromatic N) is 1.